The second-order valence-electron chi connectivity index (χ2n) is 4.29. The number of anilines is 1. The van der Waals surface area contributed by atoms with Crippen LogP contribution in [0.3, 0.4) is 0 Å². The summed E-state index contributed by atoms with van der Waals surface area (Å²) in [6, 6.07) is 7.32. The molecule has 0 heterocycles. The third kappa shape index (κ3) is 5.27. The van der Waals surface area contributed by atoms with Crippen molar-refractivity contribution in [2.75, 3.05) is 25.5 Å². The number of esters is 1. The molecule has 0 saturated carbocycles. The van der Waals surface area contributed by atoms with Gasteiger partial charge >= 0.3 is 12.0 Å². The smallest absolute Gasteiger partial charge is 0.325 e. The predicted molar refractivity (Wildman–Crippen MR) is 77.6 cm³/mol. The number of carbonyl (C=O) groups excluding carboxylic acids is 2. The van der Waals surface area contributed by atoms with Crippen molar-refractivity contribution >= 4 is 17.7 Å². The molecule has 0 radical (unpaired) electrons. The molecule has 0 aliphatic heterocycles. The number of amides is 2. The molecule has 0 aliphatic rings. The normalized spacial score (nSPS) is 11.6. The van der Waals surface area contributed by atoms with Crippen LogP contribution in [0.2, 0.25) is 0 Å². The van der Waals surface area contributed by atoms with Crippen LogP contribution in [-0.4, -0.2) is 32.2 Å². The Hall–Kier alpha value is -2.08. The monoisotopic (exact) mass is 279 g/mol. The van der Waals surface area contributed by atoms with E-state index in [1.54, 1.807) is 6.07 Å². The summed E-state index contributed by atoms with van der Waals surface area (Å²) in [5, 5.41) is 8.39. The van der Waals surface area contributed by atoms with Gasteiger partial charge in [-0.25, -0.2) is 4.79 Å². The predicted octanol–water partition coefficient (Wildman–Crippen LogP) is 1.65. The van der Waals surface area contributed by atoms with E-state index in [0.29, 0.717) is 5.69 Å². The van der Waals surface area contributed by atoms with E-state index in [2.05, 4.69) is 27.6 Å². The molecule has 0 spiro atoms. The first-order valence-corrected chi connectivity index (χ1v) is 6.51. The molecular formula is C14H21N3O3. The van der Waals surface area contributed by atoms with Crippen molar-refractivity contribution < 1.29 is 14.3 Å². The van der Waals surface area contributed by atoms with Crippen molar-refractivity contribution in [3.05, 3.63) is 29.8 Å². The highest BCUT2D eigenvalue weighted by Gasteiger charge is 2.07. The lowest BCUT2D eigenvalue weighted by Crippen LogP contribution is -2.33. The summed E-state index contributed by atoms with van der Waals surface area (Å²) in [6.45, 7) is 4.81. The average molecular weight is 279 g/mol. The van der Waals surface area contributed by atoms with E-state index >= 15 is 0 Å². The number of benzene rings is 1. The van der Waals surface area contributed by atoms with Crippen molar-refractivity contribution in [1.29, 1.82) is 0 Å². The molecule has 6 heteroatoms. The lowest BCUT2D eigenvalue weighted by atomic mass is 10.1. The van der Waals surface area contributed by atoms with Crippen molar-refractivity contribution in [2.24, 2.45) is 0 Å². The Morgan fingerprint density at radius 2 is 2.10 bits per heavy atom. The molecule has 1 aromatic carbocycles. The highest BCUT2D eigenvalue weighted by molar-refractivity contribution is 5.91. The van der Waals surface area contributed by atoms with Gasteiger partial charge in [0.05, 0.1) is 7.11 Å². The van der Waals surface area contributed by atoms with Crippen LogP contribution in [-0.2, 0) is 9.53 Å². The molecular weight excluding hydrogens is 258 g/mol. The standard InChI is InChI=1S/C14H21N3O3/c1-4-15-10(2)11-6-5-7-12(8-11)17-14(19)16-9-13(18)20-3/h5-8,10,15H,4,9H2,1-3H3,(H2,16,17,19). The first-order valence-electron chi connectivity index (χ1n) is 6.51. The molecule has 1 unspecified atom stereocenters. The second-order valence-corrected chi connectivity index (χ2v) is 4.29. The van der Waals surface area contributed by atoms with Gasteiger partial charge in [-0.3, -0.25) is 4.79 Å². The Balaban J connectivity index is 2.57. The van der Waals surface area contributed by atoms with Crippen LogP contribution in [0.25, 0.3) is 0 Å². The summed E-state index contributed by atoms with van der Waals surface area (Å²) in [6.07, 6.45) is 0. The topological polar surface area (TPSA) is 79.5 Å². The third-order valence-electron chi connectivity index (χ3n) is 2.78. The fourth-order valence-electron chi connectivity index (χ4n) is 1.71. The van der Waals surface area contributed by atoms with Crippen LogP contribution in [0, 0.1) is 0 Å². The van der Waals surface area contributed by atoms with Crippen molar-refractivity contribution in [3.63, 3.8) is 0 Å². The van der Waals surface area contributed by atoms with Crippen LogP contribution in [0.4, 0.5) is 10.5 Å². The summed E-state index contributed by atoms with van der Waals surface area (Å²) in [4.78, 5) is 22.5. The van der Waals surface area contributed by atoms with Crippen molar-refractivity contribution in [2.45, 2.75) is 19.9 Å². The second kappa shape index (κ2) is 8.16. The Bertz CT molecular complexity index is 463. The first-order chi connectivity index (χ1) is 9.56. The molecule has 0 aromatic heterocycles. The third-order valence-corrected chi connectivity index (χ3v) is 2.78. The SMILES string of the molecule is CCNC(C)c1cccc(NC(=O)NCC(=O)OC)c1. The van der Waals surface area contributed by atoms with Crippen LogP contribution >= 0.6 is 0 Å². The zero-order valence-electron chi connectivity index (χ0n) is 12.0. The summed E-state index contributed by atoms with van der Waals surface area (Å²) in [7, 11) is 1.27. The Morgan fingerprint density at radius 1 is 1.35 bits per heavy atom. The average Bonchev–Trinajstić information content (AvgIpc) is 2.45. The van der Waals surface area contributed by atoms with Gasteiger partial charge in [-0.2, -0.15) is 0 Å². The van der Waals surface area contributed by atoms with Gasteiger partial charge in [-0.15, -0.1) is 0 Å². The zero-order valence-corrected chi connectivity index (χ0v) is 12.0. The summed E-state index contributed by atoms with van der Waals surface area (Å²) in [5.41, 5.74) is 1.76. The van der Waals surface area contributed by atoms with Gasteiger partial charge in [0, 0.05) is 11.7 Å². The minimum atomic E-state index is -0.491. The molecule has 110 valence electrons. The van der Waals surface area contributed by atoms with Crippen LogP contribution in [0.15, 0.2) is 24.3 Å². The quantitative estimate of drug-likeness (QED) is 0.692. The Labute approximate surface area is 118 Å². The molecule has 20 heavy (non-hydrogen) atoms. The van der Waals surface area contributed by atoms with E-state index in [-0.39, 0.29) is 12.6 Å². The summed E-state index contributed by atoms with van der Waals surface area (Å²) >= 11 is 0. The molecule has 0 aliphatic carbocycles. The molecule has 3 N–H and O–H groups in total. The maximum atomic E-state index is 11.6. The fraction of sp³-hybridized carbons (Fsp3) is 0.429. The molecule has 0 fully saturated rings. The van der Waals surface area contributed by atoms with E-state index in [0.717, 1.165) is 12.1 Å². The molecule has 0 saturated heterocycles. The lowest BCUT2D eigenvalue weighted by Gasteiger charge is -2.14. The zero-order chi connectivity index (χ0) is 15.0. The van der Waals surface area contributed by atoms with Gasteiger partial charge in [0.15, 0.2) is 0 Å². The molecule has 6 nitrogen and oxygen atoms in total. The highest BCUT2D eigenvalue weighted by Crippen LogP contribution is 2.17. The van der Waals surface area contributed by atoms with Crippen molar-refractivity contribution in [1.82, 2.24) is 10.6 Å². The molecule has 1 aromatic rings. The number of ether oxygens (including phenoxy) is 1. The Morgan fingerprint density at radius 3 is 2.75 bits per heavy atom. The summed E-state index contributed by atoms with van der Waals surface area (Å²) in [5.74, 6) is -0.491. The number of hydrogen-bond acceptors (Lipinski definition) is 4. The minimum absolute atomic E-state index is 0.157. The van der Waals surface area contributed by atoms with E-state index in [1.807, 2.05) is 25.1 Å². The summed E-state index contributed by atoms with van der Waals surface area (Å²) < 4.78 is 4.44. The van der Waals surface area contributed by atoms with Gasteiger partial charge in [0.25, 0.3) is 0 Å². The van der Waals surface area contributed by atoms with Gasteiger partial charge in [0.2, 0.25) is 0 Å². The number of nitrogens with one attached hydrogen (secondary N) is 3. The van der Waals surface area contributed by atoms with E-state index in [4.69, 9.17) is 0 Å². The van der Waals surface area contributed by atoms with Gasteiger partial charge in [0.1, 0.15) is 6.54 Å². The van der Waals surface area contributed by atoms with Crippen LogP contribution in [0.1, 0.15) is 25.5 Å². The number of hydrogen-bond donors (Lipinski definition) is 3. The molecule has 1 atom stereocenters. The van der Waals surface area contributed by atoms with Crippen LogP contribution in [0.5, 0.6) is 0 Å². The fourth-order valence-corrected chi connectivity index (χ4v) is 1.71. The highest BCUT2D eigenvalue weighted by atomic mass is 16.5. The maximum Gasteiger partial charge on any atom is 0.325 e. The molecule has 0 bridgehead atoms. The van der Waals surface area contributed by atoms with Gasteiger partial charge in [-0.1, -0.05) is 19.1 Å². The lowest BCUT2D eigenvalue weighted by molar-refractivity contribution is -0.139. The van der Waals surface area contributed by atoms with Crippen molar-refractivity contribution in [3.8, 4) is 0 Å². The first kappa shape index (κ1) is 16.0. The Kier molecular flexibility index (Phi) is 6.52. The molecule has 2 amide bonds. The van der Waals surface area contributed by atoms with Gasteiger partial charge in [-0.05, 0) is 31.2 Å². The van der Waals surface area contributed by atoms with E-state index < -0.39 is 12.0 Å². The van der Waals surface area contributed by atoms with E-state index in [9.17, 15) is 9.59 Å². The number of rotatable bonds is 6. The minimum Gasteiger partial charge on any atom is -0.468 e. The van der Waals surface area contributed by atoms with E-state index in [1.165, 1.54) is 7.11 Å². The van der Waals surface area contributed by atoms with Crippen LogP contribution < -0.4 is 16.0 Å². The maximum absolute atomic E-state index is 11.6. The number of carbonyl (C=O) groups is 2. The number of methoxy groups -OCH3 is 1. The largest absolute Gasteiger partial charge is 0.468 e. The van der Waals surface area contributed by atoms with Gasteiger partial charge < -0.3 is 20.7 Å². The molecule has 1 rings (SSSR count). The number of urea groups is 1.